The Hall–Kier alpha value is -3.41. The van der Waals surface area contributed by atoms with Crippen molar-refractivity contribution >= 4 is 37.2 Å². The maximum absolute atomic E-state index is 14.9. The molecule has 226 valence electrons. The van der Waals surface area contributed by atoms with Crippen LogP contribution in [0.25, 0.3) is 0 Å². The molecule has 9 nitrogen and oxygen atoms in total. The SMILES string of the molecule is CCCCC1(CC)CN(c2ccccc2)c2cc(S(C)(=O)=O)c(C(=O)OC)cc2S(=O)(=O)N1Cc1ccc(OC)cc1. The molecule has 42 heavy (non-hydrogen) atoms. The molecule has 3 aromatic carbocycles. The molecule has 1 heterocycles. The second-order valence-electron chi connectivity index (χ2n) is 10.5. The Balaban J connectivity index is 2.08. The van der Waals surface area contributed by atoms with E-state index in [1.165, 1.54) is 6.07 Å². The minimum Gasteiger partial charge on any atom is -0.497 e. The first-order valence-corrected chi connectivity index (χ1v) is 17.2. The number of carbonyl (C=O) groups excluding carboxylic acids is 1. The highest BCUT2D eigenvalue weighted by molar-refractivity contribution is 7.91. The van der Waals surface area contributed by atoms with E-state index in [4.69, 9.17) is 9.47 Å². The highest BCUT2D eigenvalue weighted by atomic mass is 32.2. The topological polar surface area (TPSA) is 110 Å². The molecule has 1 aliphatic heterocycles. The van der Waals surface area contributed by atoms with Crippen LogP contribution in [0.1, 0.15) is 55.5 Å². The molecule has 0 fully saturated rings. The number of para-hydroxylation sites is 1. The molecule has 0 spiro atoms. The zero-order valence-corrected chi connectivity index (χ0v) is 26.3. The maximum atomic E-state index is 14.9. The predicted octanol–water partition coefficient (Wildman–Crippen LogP) is 5.57. The van der Waals surface area contributed by atoms with E-state index >= 15 is 0 Å². The van der Waals surface area contributed by atoms with Crippen LogP contribution in [0.15, 0.2) is 76.5 Å². The van der Waals surface area contributed by atoms with E-state index in [1.807, 2.05) is 54.3 Å². The molecule has 0 bridgehead atoms. The number of hydrogen-bond acceptors (Lipinski definition) is 8. The highest BCUT2D eigenvalue weighted by Gasteiger charge is 2.48. The van der Waals surface area contributed by atoms with Crippen molar-refractivity contribution in [3.63, 3.8) is 0 Å². The van der Waals surface area contributed by atoms with Crippen LogP contribution in [-0.2, 0) is 31.1 Å². The maximum Gasteiger partial charge on any atom is 0.339 e. The van der Waals surface area contributed by atoms with Crippen molar-refractivity contribution in [2.45, 2.75) is 61.4 Å². The minimum atomic E-state index is -4.29. The lowest BCUT2D eigenvalue weighted by Gasteiger charge is -2.43. The lowest BCUT2D eigenvalue weighted by Crippen LogP contribution is -2.54. The normalized spacial score (nSPS) is 18.6. The van der Waals surface area contributed by atoms with Crippen molar-refractivity contribution in [3.8, 4) is 5.75 Å². The number of esters is 1. The van der Waals surface area contributed by atoms with Gasteiger partial charge in [-0.25, -0.2) is 21.6 Å². The molecule has 0 radical (unpaired) electrons. The van der Waals surface area contributed by atoms with E-state index in [0.29, 0.717) is 24.3 Å². The molecule has 11 heteroatoms. The smallest absolute Gasteiger partial charge is 0.339 e. The van der Waals surface area contributed by atoms with E-state index in [0.717, 1.165) is 37.8 Å². The molecule has 0 aliphatic carbocycles. The summed E-state index contributed by atoms with van der Waals surface area (Å²) in [6.07, 6.45) is 3.72. The average Bonchev–Trinajstić information content (AvgIpc) is 3.06. The number of benzene rings is 3. The molecule has 1 unspecified atom stereocenters. The van der Waals surface area contributed by atoms with Crippen LogP contribution in [-0.4, -0.2) is 59.7 Å². The summed E-state index contributed by atoms with van der Waals surface area (Å²) >= 11 is 0. The van der Waals surface area contributed by atoms with E-state index in [2.05, 4.69) is 6.92 Å². The largest absolute Gasteiger partial charge is 0.497 e. The second-order valence-corrected chi connectivity index (χ2v) is 14.4. The molecule has 1 aliphatic rings. The van der Waals surface area contributed by atoms with Crippen LogP contribution in [0, 0.1) is 0 Å². The summed E-state index contributed by atoms with van der Waals surface area (Å²) in [5, 5.41) is 0. The molecule has 3 aromatic rings. The number of carbonyl (C=O) groups is 1. The van der Waals surface area contributed by atoms with Gasteiger partial charge in [-0.05, 0) is 54.8 Å². The number of rotatable bonds is 10. The Bertz CT molecular complexity index is 1640. The Morgan fingerprint density at radius 3 is 2.21 bits per heavy atom. The number of methoxy groups -OCH3 is 2. The standard InChI is InChI=1S/C31H38N2O7S2/c1-6-8-18-31(7-2)22-32(24-12-10-9-11-13-24)27-20-28(41(5,35)36)26(30(34)40-4)19-29(27)42(37,38)33(31)21-23-14-16-25(39-3)17-15-23/h9-17,19-20H,6-8,18,21-22H2,1-5H3. The number of unbranched alkanes of at least 4 members (excludes halogenated alkanes) is 1. The van der Waals surface area contributed by atoms with Gasteiger partial charge in [-0.3, -0.25) is 0 Å². The third-order valence-electron chi connectivity index (χ3n) is 7.91. The van der Waals surface area contributed by atoms with Gasteiger partial charge in [0.2, 0.25) is 10.0 Å². The van der Waals surface area contributed by atoms with Crippen LogP contribution < -0.4 is 9.64 Å². The first-order chi connectivity index (χ1) is 19.9. The van der Waals surface area contributed by atoms with Crippen molar-refractivity contribution in [2.24, 2.45) is 0 Å². The predicted molar refractivity (Wildman–Crippen MR) is 163 cm³/mol. The lowest BCUT2D eigenvalue weighted by atomic mass is 9.88. The molecule has 0 N–H and O–H groups in total. The number of fused-ring (bicyclic) bond motifs is 1. The van der Waals surface area contributed by atoms with Gasteiger partial charge in [0, 0.05) is 25.0 Å². The quantitative estimate of drug-likeness (QED) is 0.273. The summed E-state index contributed by atoms with van der Waals surface area (Å²) in [6, 6.07) is 19.0. The average molecular weight is 615 g/mol. The molecule has 4 rings (SSSR count). The molecular weight excluding hydrogens is 576 g/mol. The van der Waals surface area contributed by atoms with Gasteiger partial charge in [-0.15, -0.1) is 0 Å². The molecule has 0 saturated carbocycles. The second kappa shape index (κ2) is 12.4. The fourth-order valence-electron chi connectivity index (χ4n) is 5.54. The summed E-state index contributed by atoms with van der Waals surface area (Å²) < 4.78 is 67.3. The number of hydrogen-bond donors (Lipinski definition) is 0. The molecule has 0 saturated heterocycles. The monoisotopic (exact) mass is 614 g/mol. The molecular formula is C31H38N2O7S2. The molecule has 0 aromatic heterocycles. The Morgan fingerprint density at radius 1 is 1.00 bits per heavy atom. The Morgan fingerprint density at radius 2 is 1.67 bits per heavy atom. The first kappa shape index (κ1) is 31.5. The van der Waals surface area contributed by atoms with Crippen molar-refractivity contribution in [1.29, 1.82) is 0 Å². The molecule has 1 atom stereocenters. The van der Waals surface area contributed by atoms with E-state index in [9.17, 15) is 21.6 Å². The fourth-order valence-corrected chi connectivity index (χ4v) is 8.45. The fraction of sp³-hybridized carbons (Fsp3) is 0.387. The van der Waals surface area contributed by atoms with Gasteiger partial charge in [0.15, 0.2) is 9.84 Å². The lowest BCUT2D eigenvalue weighted by molar-refractivity contribution is 0.0596. The summed E-state index contributed by atoms with van der Waals surface area (Å²) in [5.74, 6) is -0.278. The number of sulfone groups is 1. The van der Waals surface area contributed by atoms with Crippen molar-refractivity contribution in [2.75, 3.05) is 31.9 Å². The van der Waals surface area contributed by atoms with Crippen LogP contribution in [0.4, 0.5) is 11.4 Å². The van der Waals surface area contributed by atoms with Crippen LogP contribution in [0.2, 0.25) is 0 Å². The number of sulfonamides is 1. The third kappa shape index (κ3) is 6.04. The Kier molecular flexibility index (Phi) is 9.34. The zero-order valence-electron chi connectivity index (χ0n) is 24.7. The summed E-state index contributed by atoms with van der Waals surface area (Å²) in [5.41, 5.74) is 0.489. The van der Waals surface area contributed by atoms with Gasteiger partial charge in [-0.1, -0.05) is 57.0 Å². The summed E-state index contributed by atoms with van der Waals surface area (Å²) in [4.78, 5) is 14.3. The summed E-state index contributed by atoms with van der Waals surface area (Å²) in [7, 11) is -5.53. The van der Waals surface area contributed by atoms with E-state index in [-0.39, 0.29) is 34.1 Å². The molecule has 0 amide bonds. The van der Waals surface area contributed by atoms with Gasteiger partial charge in [0.25, 0.3) is 0 Å². The van der Waals surface area contributed by atoms with Gasteiger partial charge in [0.1, 0.15) is 10.6 Å². The number of anilines is 2. The zero-order chi connectivity index (χ0) is 30.7. The van der Waals surface area contributed by atoms with E-state index in [1.54, 1.807) is 23.5 Å². The summed E-state index contributed by atoms with van der Waals surface area (Å²) in [6.45, 7) is 4.39. The first-order valence-electron chi connectivity index (χ1n) is 13.9. The van der Waals surface area contributed by atoms with E-state index < -0.39 is 31.4 Å². The van der Waals surface area contributed by atoms with Crippen LogP contribution >= 0.6 is 0 Å². The van der Waals surface area contributed by atoms with Gasteiger partial charge in [-0.2, -0.15) is 4.31 Å². The minimum absolute atomic E-state index is 0.0767. The van der Waals surface area contributed by atoms with Crippen LogP contribution in [0.5, 0.6) is 5.75 Å². The Labute approximate surface area is 249 Å². The third-order valence-corrected chi connectivity index (χ3v) is 11.0. The number of ether oxygens (including phenoxy) is 2. The van der Waals surface area contributed by atoms with Crippen molar-refractivity contribution in [1.82, 2.24) is 4.31 Å². The van der Waals surface area contributed by atoms with Crippen molar-refractivity contribution in [3.05, 3.63) is 77.9 Å². The van der Waals surface area contributed by atoms with Crippen molar-refractivity contribution < 1.29 is 31.1 Å². The van der Waals surface area contributed by atoms with Crippen LogP contribution in [0.3, 0.4) is 0 Å². The highest BCUT2D eigenvalue weighted by Crippen LogP contribution is 2.46. The van der Waals surface area contributed by atoms with Gasteiger partial charge in [0.05, 0.1) is 35.9 Å². The number of nitrogens with zero attached hydrogens (tertiary/aromatic N) is 2. The van der Waals surface area contributed by atoms with Gasteiger partial charge >= 0.3 is 5.97 Å². The van der Waals surface area contributed by atoms with Gasteiger partial charge < -0.3 is 14.4 Å².